The molecule has 1 aromatic heterocycles. The number of benzene rings is 1. The summed E-state index contributed by atoms with van der Waals surface area (Å²) in [5.74, 6) is 0.224. The molecule has 0 unspecified atom stereocenters. The first-order valence-electron chi connectivity index (χ1n) is 9.94. The summed E-state index contributed by atoms with van der Waals surface area (Å²) in [6.45, 7) is 6.26. The van der Waals surface area contributed by atoms with E-state index >= 15 is 0 Å². The highest BCUT2D eigenvalue weighted by atomic mass is 35.5. The molecule has 2 aromatic rings. The van der Waals surface area contributed by atoms with Gasteiger partial charge >= 0.3 is 0 Å². The monoisotopic (exact) mass is 432 g/mol. The summed E-state index contributed by atoms with van der Waals surface area (Å²) in [5, 5.41) is 2.69. The Labute approximate surface area is 180 Å². The molecule has 0 atom stereocenters. The van der Waals surface area contributed by atoms with E-state index in [4.69, 9.17) is 11.6 Å². The van der Waals surface area contributed by atoms with Crippen molar-refractivity contribution in [2.24, 2.45) is 0 Å². The number of para-hydroxylation sites is 1. The SMILES string of the molecule is O=C(CN1CCN(c2ccccc2Cl)CC1)N1CCN(C(=O)c2cccs2)CC1. The van der Waals surface area contributed by atoms with Crippen LogP contribution in [-0.4, -0.2) is 85.4 Å². The largest absolute Gasteiger partial charge is 0.368 e. The van der Waals surface area contributed by atoms with Crippen molar-refractivity contribution in [2.75, 3.05) is 63.8 Å². The Morgan fingerprint density at radius 1 is 0.862 bits per heavy atom. The summed E-state index contributed by atoms with van der Waals surface area (Å²) >= 11 is 7.77. The molecule has 2 saturated heterocycles. The number of amides is 2. The predicted octanol–water partition coefficient (Wildman–Crippen LogP) is 2.51. The van der Waals surface area contributed by atoms with Crippen LogP contribution in [0.15, 0.2) is 41.8 Å². The number of hydrogen-bond donors (Lipinski definition) is 0. The smallest absolute Gasteiger partial charge is 0.264 e. The molecule has 29 heavy (non-hydrogen) atoms. The highest BCUT2D eigenvalue weighted by Gasteiger charge is 2.27. The van der Waals surface area contributed by atoms with Gasteiger partial charge in [-0.25, -0.2) is 0 Å². The molecular formula is C21H25ClN4O2S. The van der Waals surface area contributed by atoms with Crippen LogP contribution in [0.25, 0.3) is 0 Å². The highest BCUT2D eigenvalue weighted by molar-refractivity contribution is 7.12. The molecule has 8 heteroatoms. The van der Waals surface area contributed by atoms with Crippen molar-refractivity contribution in [1.82, 2.24) is 14.7 Å². The summed E-state index contributed by atoms with van der Waals surface area (Å²) < 4.78 is 0. The maximum absolute atomic E-state index is 12.7. The lowest BCUT2D eigenvalue weighted by Crippen LogP contribution is -2.54. The van der Waals surface area contributed by atoms with Crippen molar-refractivity contribution in [2.45, 2.75) is 0 Å². The van der Waals surface area contributed by atoms with Gasteiger partial charge in [-0.1, -0.05) is 29.8 Å². The average Bonchev–Trinajstić information content (AvgIpc) is 3.29. The third-order valence-electron chi connectivity index (χ3n) is 5.58. The number of thiophene rings is 1. The molecule has 4 rings (SSSR count). The molecule has 0 N–H and O–H groups in total. The third-order valence-corrected chi connectivity index (χ3v) is 6.75. The molecule has 2 aliphatic rings. The number of piperazine rings is 2. The van der Waals surface area contributed by atoms with Crippen LogP contribution in [0.3, 0.4) is 0 Å². The lowest BCUT2D eigenvalue weighted by atomic mass is 10.2. The molecular weight excluding hydrogens is 408 g/mol. The van der Waals surface area contributed by atoms with Crippen molar-refractivity contribution >= 4 is 40.4 Å². The Bertz CT molecular complexity index is 844. The second-order valence-electron chi connectivity index (χ2n) is 7.36. The molecule has 3 heterocycles. The van der Waals surface area contributed by atoms with Gasteiger partial charge in [0.05, 0.1) is 22.1 Å². The van der Waals surface area contributed by atoms with Crippen molar-refractivity contribution in [3.05, 3.63) is 51.7 Å². The topological polar surface area (TPSA) is 47.1 Å². The number of carbonyl (C=O) groups excluding carboxylic acids is 2. The van der Waals surface area contributed by atoms with Gasteiger partial charge < -0.3 is 14.7 Å². The van der Waals surface area contributed by atoms with Gasteiger partial charge in [-0.05, 0) is 23.6 Å². The Kier molecular flexibility index (Phi) is 6.37. The number of carbonyl (C=O) groups is 2. The van der Waals surface area contributed by atoms with Crippen LogP contribution in [0.4, 0.5) is 5.69 Å². The fourth-order valence-corrected chi connectivity index (χ4v) is 4.81. The zero-order valence-electron chi connectivity index (χ0n) is 16.3. The van der Waals surface area contributed by atoms with E-state index in [9.17, 15) is 9.59 Å². The molecule has 2 aliphatic heterocycles. The second kappa shape index (κ2) is 9.15. The predicted molar refractivity (Wildman–Crippen MR) is 117 cm³/mol. The van der Waals surface area contributed by atoms with E-state index in [1.54, 1.807) is 0 Å². The van der Waals surface area contributed by atoms with E-state index in [1.807, 2.05) is 51.6 Å². The Morgan fingerprint density at radius 2 is 1.55 bits per heavy atom. The van der Waals surface area contributed by atoms with E-state index in [0.717, 1.165) is 41.8 Å². The van der Waals surface area contributed by atoms with Crippen LogP contribution in [0, 0.1) is 0 Å². The molecule has 0 aliphatic carbocycles. The van der Waals surface area contributed by atoms with Crippen molar-refractivity contribution < 1.29 is 9.59 Å². The lowest BCUT2D eigenvalue weighted by molar-refractivity contribution is -0.134. The van der Waals surface area contributed by atoms with Gasteiger partial charge in [0.1, 0.15) is 0 Å². The first kappa shape index (κ1) is 20.2. The van der Waals surface area contributed by atoms with Crippen molar-refractivity contribution in [3.8, 4) is 0 Å². The first-order valence-corrected chi connectivity index (χ1v) is 11.2. The Hall–Kier alpha value is -2.09. The minimum atomic E-state index is 0.0720. The van der Waals surface area contributed by atoms with Gasteiger partial charge in [0.25, 0.3) is 5.91 Å². The number of nitrogens with zero attached hydrogens (tertiary/aromatic N) is 4. The van der Waals surface area contributed by atoms with Crippen LogP contribution in [0.5, 0.6) is 0 Å². The first-order chi connectivity index (χ1) is 14.1. The molecule has 0 radical (unpaired) electrons. The van der Waals surface area contributed by atoms with Gasteiger partial charge in [0, 0.05) is 52.4 Å². The van der Waals surface area contributed by atoms with Crippen LogP contribution < -0.4 is 4.90 Å². The second-order valence-corrected chi connectivity index (χ2v) is 8.72. The third kappa shape index (κ3) is 4.74. The summed E-state index contributed by atoms with van der Waals surface area (Å²) in [7, 11) is 0. The minimum absolute atomic E-state index is 0.0720. The van der Waals surface area contributed by atoms with Gasteiger partial charge in [-0.2, -0.15) is 0 Å². The van der Waals surface area contributed by atoms with Crippen molar-refractivity contribution in [1.29, 1.82) is 0 Å². The number of halogens is 1. The normalized spacial score (nSPS) is 18.2. The standard InChI is InChI=1S/C21H25ClN4O2S/c22-17-4-1-2-5-18(17)24-9-7-23(8-10-24)16-20(27)25-11-13-26(14-12-25)21(28)19-6-3-15-29-19/h1-6,15H,7-14,16H2. The number of anilines is 1. The maximum Gasteiger partial charge on any atom is 0.264 e. The molecule has 1 aromatic carbocycles. The average molecular weight is 433 g/mol. The summed E-state index contributed by atoms with van der Waals surface area (Å²) in [6.07, 6.45) is 0. The zero-order chi connectivity index (χ0) is 20.2. The van der Waals surface area contributed by atoms with Crippen LogP contribution in [-0.2, 0) is 4.79 Å². The van der Waals surface area contributed by atoms with E-state index in [1.165, 1.54) is 11.3 Å². The fourth-order valence-electron chi connectivity index (χ4n) is 3.86. The summed E-state index contributed by atoms with van der Waals surface area (Å²) in [5.41, 5.74) is 1.06. The van der Waals surface area contributed by atoms with Gasteiger partial charge in [-0.3, -0.25) is 14.5 Å². The molecule has 2 amide bonds. The lowest BCUT2D eigenvalue weighted by Gasteiger charge is -2.38. The number of rotatable bonds is 4. The summed E-state index contributed by atoms with van der Waals surface area (Å²) in [6, 6.07) is 11.6. The van der Waals surface area contributed by atoms with Gasteiger partial charge in [0.15, 0.2) is 0 Å². The molecule has 0 saturated carbocycles. The van der Waals surface area contributed by atoms with E-state index < -0.39 is 0 Å². The van der Waals surface area contributed by atoms with Crippen LogP contribution in [0.1, 0.15) is 9.67 Å². The van der Waals surface area contributed by atoms with E-state index in [0.29, 0.717) is 32.7 Å². The highest BCUT2D eigenvalue weighted by Crippen LogP contribution is 2.26. The van der Waals surface area contributed by atoms with Crippen molar-refractivity contribution in [3.63, 3.8) is 0 Å². The molecule has 154 valence electrons. The molecule has 0 bridgehead atoms. The molecule has 0 spiro atoms. The Morgan fingerprint density at radius 3 is 2.21 bits per heavy atom. The fraction of sp³-hybridized carbons (Fsp3) is 0.429. The summed E-state index contributed by atoms with van der Waals surface area (Å²) in [4.78, 5) is 34.1. The van der Waals surface area contributed by atoms with Gasteiger partial charge in [0.2, 0.25) is 5.91 Å². The quantitative estimate of drug-likeness (QED) is 0.744. The molecule has 6 nitrogen and oxygen atoms in total. The number of hydrogen-bond acceptors (Lipinski definition) is 5. The zero-order valence-corrected chi connectivity index (χ0v) is 17.9. The van der Waals surface area contributed by atoms with E-state index in [-0.39, 0.29) is 11.8 Å². The van der Waals surface area contributed by atoms with E-state index in [2.05, 4.69) is 9.80 Å². The maximum atomic E-state index is 12.7. The van der Waals surface area contributed by atoms with Crippen LogP contribution >= 0.6 is 22.9 Å². The molecule has 2 fully saturated rings. The Balaban J connectivity index is 1.23. The van der Waals surface area contributed by atoms with Gasteiger partial charge in [-0.15, -0.1) is 11.3 Å². The minimum Gasteiger partial charge on any atom is -0.368 e. The van der Waals surface area contributed by atoms with Crippen LogP contribution in [0.2, 0.25) is 5.02 Å².